The molecule has 1 saturated carbocycles. The Morgan fingerprint density at radius 2 is 1.58 bits per heavy atom. The molecule has 5 rings (SSSR count). The summed E-state index contributed by atoms with van der Waals surface area (Å²) in [6, 6.07) is 18.2. The topological polar surface area (TPSA) is 171 Å². The number of carbonyl (C=O) groups is 4. The summed E-state index contributed by atoms with van der Waals surface area (Å²) >= 11 is 0. The number of likely N-dealkylation sites (tertiary alicyclic amines) is 1. The predicted octanol–water partition coefficient (Wildman–Crippen LogP) is 3.16. The molecule has 1 aliphatic heterocycles. The number of hydrogen-bond donors (Lipinski definition) is 4. The standard InChI is InChI=1S/C40H52N4O8S/c1-40(2,3)43-38(48)35-30-19-11-9-16-28(30)21-22-44(35)39(49)36(46)31(23-26-13-6-5-7-14-26)42-37(47)32(25-53(4,50)51)41-34(45)24-52-33-20-12-17-27-15-8-10-18-29(27)33/h5-8,10,12-15,17-18,20,28,30-32,35-36,46H,9,11,16,19,21-25H2,1-4H3,(H,41,45)(H,42,47)(H,43,48)/t28?,30?,31-,32-,35-,36-/m0/s1. The minimum atomic E-state index is -3.80. The first-order chi connectivity index (χ1) is 25.1. The largest absolute Gasteiger partial charge is 0.483 e. The van der Waals surface area contributed by atoms with Crippen molar-refractivity contribution in [1.29, 1.82) is 0 Å². The highest BCUT2D eigenvalue weighted by Crippen LogP contribution is 2.40. The van der Waals surface area contributed by atoms with Gasteiger partial charge >= 0.3 is 0 Å². The van der Waals surface area contributed by atoms with Gasteiger partial charge in [-0.15, -0.1) is 0 Å². The summed E-state index contributed by atoms with van der Waals surface area (Å²) < 4.78 is 30.7. The minimum Gasteiger partial charge on any atom is -0.483 e. The number of carbonyl (C=O) groups excluding carboxylic acids is 4. The molecular weight excluding hydrogens is 697 g/mol. The molecule has 6 atom stereocenters. The molecule has 0 aromatic heterocycles. The van der Waals surface area contributed by atoms with Crippen LogP contribution in [0.1, 0.15) is 58.4 Å². The number of aliphatic hydroxyl groups excluding tert-OH is 1. The number of hydrogen-bond acceptors (Lipinski definition) is 8. The number of nitrogens with zero attached hydrogens (tertiary/aromatic N) is 1. The van der Waals surface area contributed by atoms with E-state index in [0.717, 1.165) is 42.7 Å². The summed E-state index contributed by atoms with van der Waals surface area (Å²) in [5.41, 5.74) is 0.152. The maximum absolute atomic E-state index is 14.3. The smallest absolute Gasteiger partial charge is 0.258 e. The fourth-order valence-corrected chi connectivity index (χ4v) is 8.47. The first-order valence-electron chi connectivity index (χ1n) is 18.3. The van der Waals surface area contributed by atoms with Crippen LogP contribution in [0.2, 0.25) is 0 Å². The van der Waals surface area contributed by atoms with Gasteiger partial charge in [-0.1, -0.05) is 86.0 Å². The third-order valence-corrected chi connectivity index (χ3v) is 10.9. The Morgan fingerprint density at radius 3 is 2.30 bits per heavy atom. The van der Waals surface area contributed by atoms with Crippen molar-refractivity contribution in [2.75, 3.05) is 25.2 Å². The number of sulfone groups is 1. The molecular formula is C40H52N4O8S. The van der Waals surface area contributed by atoms with Crippen molar-refractivity contribution in [3.05, 3.63) is 78.4 Å². The predicted molar refractivity (Wildman–Crippen MR) is 203 cm³/mol. The van der Waals surface area contributed by atoms with Crippen molar-refractivity contribution in [2.45, 2.75) is 89.1 Å². The van der Waals surface area contributed by atoms with Crippen molar-refractivity contribution >= 4 is 44.2 Å². The Bertz CT molecular complexity index is 1870. The fraction of sp³-hybridized carbons (Fsp3) is 0.500. The zero-order valence-corrected chi connectivity index (χ0v) is 31.7. The lowest BCUT2D eigenvalue weighted by atomic mass is 9.70. The molecule has 0 spiro atoms. The molecule has 2 fully saturated rings. The Morgan fingerprint density at radius 1 is 0.906 bits per heavy atom. The van der Waals surface area contributed by atoms with Gasteiger partial charge in [-0.2, -0.15) is 0 Å². The Labute approximate surface area is 312 Å². The Hall–Kier alpha value is -4.49. The molecule has 1 saturated heterocycles. The van der Waals surface area contributed by atoms with E-state index in [2.05, 4.69) is 16.0 Å². The van der Waals surface area contributed by atoms with Gasteiger partial charge in [-0.3, -0.25) is 19.2 Å². The highest BCUT2D eigenvalue weighted by Gasteiger charge is 2.47. The lowest BCUT2D eigenvalue weighted by Gasteiger charge is -2.48. The molecule has 53 heavy (non-hydrogen) atoms. The van der Waals surface area contributed by atoms with Crippen LogP contribution >= 0.6 is 0 Å². The van der Waals surface area contributed by atoms with E-state index < -0.39 is 69.7 Å². The van der Waals surface area contributed by atoms with Crippen LogP contribution in [0.5, 0.6) is 5.75 Å². The number of benzene rings is 3. The van der Waals surface area contributed by atoms with Gasteiger partial charge in [0.2, 0.25) is 11.8 Å². The van der Waals surface area contributed by atoms with Crippen LogP contribution < -0.4 is 20.7 Å². The van der Waals surface area contributed by atoms with Crippen LogP contribution in [0.25, 0.3) is 10.8 Å². The van der Waals surface area contributed by atoms with E-state index in [0.29, 0.717) is 17.7 Å². The lowest BCUT2D eigenvalue weighted by Crippen LogP contribution is -2.64. The second-order valence-electron chi connectivity index (χ2n) is 15.4. The summed E-state index contributed by atoms with van der Waals surface area (Å²) in [7, 11) is -3.80. The van der Waals surface area contributed by atoms with E-state index >= 15 is 0 Å². The molecule has 1 aliphatic carbocycles. The summed E-state index contributed by atoms with van der Waals surface area (Å²) in [4.78, 5) is 56.6. The van der Waals surface area contributed by atoms with Gasteiger partial charge in [0.05, 0.1) is 11.8 Å². The SMILES string of the molecule is CC(C)(C)NC(=O)[C@@H]1C2CCCCC2CCN1C(=O)[C@@H](O)[C@H](Cc1ccccc1)NC(=O)[C@H](CS(C)(=O)=O)NC(=O)COc1cccc2ccccc12. The zero-order chi connectivity index (χ0) is 38.3. The molecule has 3 aromatic rings. The number of rotatable bonds is 13. The Kier molecular flexibility index (Phi) is 12.8. The number of ether oxygens (including phenoxy) is 1. The van der Waals surface area contributed by atoms with E-state index in [4.69, 9.17) is 4.74 Å². The van der Waals surface area contributed by atoms with Gasteiger partial charge in [0.15, 0.2) is 12.7 Å². The van der Waals surface area contributed by atoms with Crippen LogP contribution in [0.15, 0.2) is 72.8 Å². The average molecular weight is 749 g/mol. The van der Waals surface area contributed by atoms with Crippen molar-refractivity contribution in [3.63, 3.8) is 0 Å². The fourth-order valence-electron chi connectivity index (χ4n) is 7.63. The van der Waals surface area contributed by atoms with Crippen LogP contribution in [-0.2, 0) is 35.4 Å². The van der Waals surface area contributed by atoms with Crippen LogP contribution in [0, 0.1) is 11.8 Å². The summed E-state index contributed by atoms with van der Waals surface area (Å²) in [6.45, 7) is 5.40. The van der Waals surface area contributed by atoms with E-state index in [1.165, 1.54) is 4.90 Å². The molecule has 2 aliphatic rings. The molecule has 2 unspecified atom stereocenters. The molecule has 0 radical (unpaired) electrons. The van der Waals surface area contributed by atoms with Crippen LogP contribution in [0.4, 0.5) is 0 Å². The third kappa shape index (κ3) is 10.8. The third-order valence-electron chi connectivity index (χ3n) is 9.99. The molecule has 4 amide bonds. The monoisotopic (exact) mass is 748 g/mol. The molecule has 12 nitrogen and oxygen atoms in total. The summed E-state index contributed by atoms with van der Waals surface area (Å²) in [6.07, 6.45) is 3.64. The van der Waals surface area contributed by atoms with Gasteiger partial charge in [-0.05, 0) is 68.9 Å². The maximum Gasteiger partial charge on any atom is 0.258 e. The van der Waals surface area contributed by atoms with Crippen LogP contribution in [0.3, 0.4) is 0 Å². The van der Waals surface area contributed by atoms with E-state index in [-0.39, 0.29) is 30.7 Å². The second kappa shape index (κ2) is 17.1. The first-order valence-corrected chi connectivity index (χ1v) is 20.4. The lowest BCUT2D eigenvalue weighted by molar-refractivity contribution is -0.156. The first kappa shape index (κ1) is 39.7. The van der Waals surface area contributed by atoms with Gasteiger partial charge < -0.3 is 30.7 Å². The van der Waals surface area contributed by atoms with Gasteiger partial charge in [0.25, 0.3) is 11.8 Å². The maximum atomic E-state index is 14.3. The number of piperidine rings is 1. The van der Waals surface area contributed by atoms with E-state index in [1.54, 1.807) is 36.4 Å². The molecule has 4 N–H and O–H groups in total. The van der Waals surface area contributed by atoms with Crippen molar-refractivity contribution in [3.8, 4) is 5.75 Å². The average Bonchev–Trinajstić information content (AvgIpc) is 3.11. The van der Waals surface area contributed by atoms with Gasteiger partial charge in [0, 0.05) is 23.7 Å². The minimum absolute atomic E-state index is 0.0158. The Balaban J connectivity index is 1.36. The van der Waals surface area contributed by atoms with Crippen molar-refractivity contribution in [1.82, 2.24) is 20.9 Å². The quantitative estimate of drug-likeness (QED) is 0.207. The molecule has 0 bridgehead atoms. The summed E-state index contributed by atoms with van der Waals surface area (Å²) in [5.74, 6) is -2.68. The molecule has 1 heterocycles. The number of aliphatic hydroxyl groups is 1. The van der Waals surface area contributed by atoms with Crippen LogP contribution in [-0.4, -0.2) is 97.0 Å². The molecule has 3 aromatic carbocycles. The van der Waals surface area contributed by atoms with Gasteiger partial charge in [0.1, 0.15) is 27.7 Å². The normalized spacial score (nSPS) is 20.7. The molecule has 286 valence electrons. The number of fused-ring (bicyclic) bond motifs is 2. The number of amides is 4. The van der Waals surface area contributed by atoms with E-state index in [9.17, 15) is 32.7 Å². The summed E-state index contributed by atoms with van der Waals surface area (Å²) in [5, 5.41) is 21.7. The highest BCUT2D eigenvalue weighted by molar-refractivity contribution is 7.90. The van der Waals surface area contributed by atoms with E-state index in [1.807, 2.05) is 57.2 Å². The second-order valence-corrected chi connectivity index (χ2v) is 17.6. The molecule has 13 heteroatoms. The number of nitrogens with one attached hydrogen (secondary N) is 3. The zero-order valence-electron chi connectivity index (χ0n) is 30.9. The van der Waals surface area contributed by atoms with Crippen molar-refractivity contribution in [2.24, 2.45) is 11.8 Å². The van der Waals surface area contributed by atoms with Crippen molar-refractivity contribution < 1.29 is 37.4 Å². The van der Waals surface area contributed by atoms with Gasteiger partial charge in [-0.25, -0.2) is 8.42 Å². The highest BCUT2D eigenvalue weighted by atomic mass is 32.2.